The first kappa shape index (κ1) is 8.66. The Morgan fingerprint density at radius 3 is 2.25 bits per heavy atom. The number of hydrogen-bond donors (Lipinski definition) is 2. The standard InChI is InChI=1S/C8H17NO2S/c1-9-12(10)4-2-8(3-5-12)6-11-7-8/h12H,2-7H2,1H3,(H,9,10). The van der Waals surface area contributed by atoms with Gasteiger partial charge in [0, 0.05) is 16.9 Å². The molecule has 0 bridgehead atoms. The molecule has 12 heavy (non-hydrogen) atoms. The summed E-state index contributed by atoms with van der Waals surface area (Å²) in [6.07, 6.45) is 2.18. The summed E-state index contributed by atoms with van der Waals surface area (Å²) in [4.78, 5) is 0. The monoisotopic (exact) mass is 191 g/mol. The van der Waals surface area contributed by atoms with Crippen LogP contribution in [0.2, 0.25) is 0 Å². The van der Waals surface area contributed by atoms with Crippen LogP contribution < -0.4 is 4.72 Å². The fourth-order valence-electron chi connectivity index (χ4n) is 1.98. The summed E-state index contributed by atoms with van der Waals surface area (Å²) in [5, 5.41) is 0. The Morgan fingerprint density at radius 1 is 1.33 bits per heavy atom. The third-order valence-corrected chi connectivity index (χ3v) is 5.94. The first-order valence-electron chi connectivity index (χ1n) is 4.53. The highest BCUT2D eigenvalue weighted by molar-refractivity contribution is 8.01. The third-order valence-electron chi connectivity index (χ3n) is 3.23. The lowest BCUT2D eigenvalue weighted by molar-refractivity contribution is -0.117. The van der Waals surface area contributed by atoms with Gasteiger partial charge in [0.15, 0.2) is 0 Å². The van der Waals surface area contributed by atoms with Gasteiger partial charge in [0.2, 0.25) is 0 Å². The molecule has 0 aromatic rings. The molecule has 72 valence electrons. The molecular weight excluding hydrogens is 174 g/mol. The van der Waals surface area contributed by atoms with Crippen molar-refractivity contribution in [2.75, 3.05) is 31.8 Å². The second-order valence-electron chi connectivity index (χ2n) is 4.05. The van der Waals surface area contributed by atoms with Gasteiger partial charge >= 0.3 is 0 Å². The van der Waals surface area contributed by atoms with E-state index in [4.69, 9.17) is 4.74 Å². The fourth-order valence-corrected chi connectivity index (χ4v) is 4.32. The molecule has 0 radical (unpaired) electrons. The minimum atomic E-state index is -1.96. The van der Waals surface area contributed by atoms with Gasteiger partial charge in [0.1, 0.15) is 0 Å². The smallest absolute Gasteiger partial charge is 0.0545 e. The van der Waals surface area contributed by atoms with Gasteiger partial charge in [-0.15, -0.1) is 0 Å². The molecule has 2 aliphatic rings. The number of nitrogens with one attached hydrogen (secondary N) is 1. The molecule has 0 aromatic carbocycles. The topological polar surface area (TPSA) is 38.3 Å². The lowest BCUT2D eigenvalue weighted by Gasteiger charge is -2.47. The number of thiol groups is 1. The summed E-state index contributed by atoms with van der Waals surface area (Å²) in [6.45, 7) is 1.80. The Hall–Kier alpha value is 0.0700. The summed E-state index contributed by atoms with van der Waals surface area (Å²) in [5.74, 6) is 1.74. The summed E-state index contributed by atoms with van der Waals surface area (Å²) >= 11 is 0. The zero-order chi connectivity index (χ0) is 8.66. The predicted molar refractivity (Wildman–Crippen MR) is 50.8 cm³/mol. The van der Waals surface area contributed by atoms with Crippen molar-refractivity contribution in [2.24, 2.45) is 5.41 Å². The van der Waals surface area contributed by atoms with Gasteiger partial charge < -0.3 is 4.74 Å². The Balaban J connectivity index is 1.97. The van der Waals surface area contributed by atoms with Crippen LogP contribution in [0.4, 0.5) is 0 Å². The van der Waals surface area contributed by atoms with Crippen molar-refractivity contribution >= 4 is 10.1 Å². The molecule has 2 aliphatic heterocycles. The Bertz CT molecular complexity index is 211. The van der Waals surface area contributed by atoms with Crippen LogP contribution in [0.15, 0.2) is 0 Å². The highest BCUT2D eigenvalue weighted by atomic mass is 32.3. The van der Waals surface area contributed by atoms with Crippen LogP contribution in [0.1, 0.15) is 12.8 Å². The molecule has 1 N–H and O–H groups in total. The molecule has 0 unspecified atom stereocenters. The SMILES string of the molecule is CN[SH]1(=O)CCC2(CC1)COC2. The molecule has 0 aromatic heterocycles. The van der Waals surface area contributed by atoms with Crippen molar-refractivity contribution in [1.82, 2.24) is 4.72 Å². The van der Waals surface area contributed by atoms with E-state index in [2.05, 4.69) is 4.72 Å². The zero-order valence-corrected chi connectivity index (χ0v) is 8.40. The molecule has 2 heterocycles. The first-order chi connectivity index (χ1) is 5.68. The Kier molecular flexibility index (Phi) is 2.01. The van der Waals surface area contributed by atoms with E-state index in [1.807, 2.05) is 7.05 Å². The van der Waals surface area contributed by atoms with Gasteiger partial charge in [-0.2, -0.15) is 0 Å². The van der Waals surface area contributed by atoms with Crippen LogP contribution in [0.3, 0.4) is 0 Å². The second kappa shape index (κ2) is 2.79. The van der Waals surface area contributed by atoms with E-state index >= 15 is 0 Å². The number of ether oxygens (including phenoxy) is 1. The minimum absolute atomic E-state index is 0.421. The highest BCUT2D eigenvalue weighted by Gasteiger charge is 2.42. The van der Waals surface area contributed by atoms with Crippen molar-refractivity contribution < 1.29 is 8.95 Å². The van der Waals surface area contributed by atoms with Crippen molar-refractivity contribution in [2.45, 2.75) is 12.8 Å². The van der Waals surface area contributed by atoms with Crippen LogP contribution in [-0.2, 0) is 14.9 Å². The zero-order valence-electron chi connectivity index (χ0n) is 7.51. The van der Waals surface area contributed by atoms with Gasteiger partial charge in [-0.25, -0.2) is 0 Å². The van der Waals surface area contributed by atoms with Crippen molar-refractivity contribution in [3.8, 4) is 0 Å². The number of hydrogen-bond acceptors (Lipinski definition) is 2. The van der Waals surface area contributed by atoms with Crippen LogP contribution in [0.5, 0.6) is 0 Å². The van der Waals surface area contributed by atoms with E-state index in [1.54, 1.807) is 0 Å². The minimum Gasteiger partial charge on any atom is -0.380 e. The molecule has 4 heteroatoms. The average molecular weight is 191 g/mol. The summed E-state index contributed by atoms with van der Waals surface area (Å²) in [7, 11) is -0.144. The molecule has 2 rings (SSSR count). The summed E-state index contributed by atoms with van der Waals surface area (Å²) < 4.78 is 20.1. The lowest BCUT2D eigenvalue weighted by Crippen LogP contribution is -2.52. The third kappa shape index (κ3) is 1.32. The average Bonchev–Trinajstić information content (AvgIpc) is 2.04. The van der Waals surface area contributed by atoms with Crippen LogP contribution in [0.25, 0.3) is 0 Å². The molecule has 3 nitrogen and oxygen atoms in total. The molecule has 1 spiro atoms. The van der Waals surface area contributed by atoms with Gasteiger partial charge in [-0.3, -0.25) is 8.93 Å². The molecule has 0 saturated carbocycles. The Morgan fingerprint density at radius 2 is 1.92 bits per heavy atom. The molecule has 0 aliphatic carbocycles. The van der Waals surface area contributed by atoms with Crippen molar-refractivity contribution in [3.63, 3.8) is 0 Å². The van der Waals surface area contributed by atoms with E-state index in [9.17, 15) is 4.21 Å². The molecular formula is C8H17NO2S. The maximum absolute atomic E-state index is 11.9. The normalized spacial score (nSPS) is 34.1. The summed E-state index contributed by atoms with van der Waals surface area (Å²) in [6, 6.07) is 0. The van der Waals surface area contributed by atoms with Gasteiger partial charge in [0.25, 0.3) is 0 Å². The van der Waals surface area contributed by atoms with Gasteiger partial charge in [-0.05, 0) is 19.9 Å². The quantitative estimate of drug-likeness (QED) is 0.570. The molecule has 0 atom stereocenters. The maximum Gasteiger partial charge on any atom is 0.0545 e. The number of rotatable bonds is 1. The van der Waals surface area contributed by atoms with E-state index in [1.165, 1.54) is 0 Å². The molecule has 2 fully saturated rings. The van der Waals surface area contributed by atoms with Gasteiger partial charge in [0.05, 0.1) is 13.2 Å². The Labute approximate surface area is 74.4 Å². The maximum atomic E-state index is 11.9. The van der Waals surface area contributed by atoms with Gasteiger partial charge in [-0.1, -0.05) is 10.1 Å². The largest absolute Gasteiger partial charge is 0.380 e. The molecule has 2 saturated heterocycles. The van der Waals surface area contributed by atoms with Crippen LogP contribution >= 0.6 is 0 Å². The second-order valence-corrected chi connectivity index (χ2v) is 7.17. The first-order valence-corrected chi connectivity index (χ1v) is 6.61. The van der Waals surface area contributed by atoms with E-state index < -0.39 is 10.1 Å². The summed E-state index contributed by atoms with van der Waals surface area (Å²) in [5.41, 5.74) is 0.421. The van der Waals surface area contributed by atoms with Crippen LogP contribution in [-0.4, -0.2) is 36.0 Å². The highest BCUT2D eigenvalue weighted by Crippen LogP contribution is 2.40. The van der Waals surface area contributed by atoms with Crippen molar-refractivity contribution in [3.05, 3.63) is 0 Å². The fraction of sp³-hybridized carbons (Fsp3) is 1.00. The van der Waals surface area contributed by atoms with E-state index in [-0.39, 0.29) is 0 Å². The predicted octanol–water partition coefficient (Wildman–Crippen LogP) is -0.0521. The van der Waals surface area contributed by atoms with E-state index in [0.717, 1.165) is 37.6 Å². The lowest BCUT2D eigenvalue weighted by atomic mass is 9.80. The van der Waals surface area contributed by atoms with E-state index in [0.29, 0.717) is 5.41 Å². The van der Waals surface area contributed by atoms with Crippen LogP contribution in [0, 0.1) is 5.41 Å². The van der Waals surface area contributed by atoms with Crippen molar-refractivity contribution in [1.29, 1.82) is 0 Å². The molecule has 0 amide bonds.